The van der Waals surface area contributed by atoms with Crippen molar-refractivity contribution in [3.05, 3.63) is 46.6 Å². The number of anilines is 2. The number of rotatable bonds is 9. The summed E-state index contributed by atoms with van der Waals surface area (Å²) in [5.41, 5.74) is 1.80. The van der Waals surface area contributed by atoms with Crippen LogP contribution < -0.4 is 10.6 Å². The SMILES string of the molecule is CNC(=O)C1CCN([C@@H](c2ccc(Nc3cnc4sc(C)nc4c3[C@@H](OC)C(F)F)cc2)C(F)F)CC1. The first-order valence-electron chi connectivity index (χ1n) is 11.9. The number of halogens is 4. The van der Waals surface area contributed by atoms with Gasteiger partial charge in [0, 0.05) is 31.3 Å². The minimum absolute atomic E-state index is 0.0638. The Balaban J connectivity index is 1.57. The third-order valence-electron chi connectivity index (χ3n) is 6.65. The summed E-state index contributed by atoms with van der Waals surface area (Å²) in [7, 11) is 2.78. The number of pyridine rings is 1. The third-order valence-corrected chi connectivity index (χ3v) is 7.53. The lowest BCUT2D eigenvalue weighted by molar-refractivity contribution is -0.126. The number of alkyl halides is 4. The lowest BCUT2D eigenvalue weighted by Crippen LogP contribution is -2.43. The maximum absolute atomic E-state index is 14.1. The molecule has 0 unspecified atom stereocenters. The molecule has 1 saturated heterocycles. The van der Waals surface area contributed by atoms with Crippen LogP contribution in [-0.2, 0) is 9.53 Å². The first-order chi connectivity index (χ1) is 17.7. The van der Waals surface area contributed by atoms with E-state index in [9.17, 15) is 22.4 Å². The van der Waals surface area contributed by atoms with Crippen molar-refractivity contribution in [3.8, 4) is 0 Å². The van der Waals surface area contributed by atoms with E-state index < -0.39 is 25.0 Å². The Hall–Kier alpha value is -2.83. The highest BCUT2D eigenvalue weighted by Gasteiger charge is 2.34. The Kier molecular flexibility index (Phi) is 8.60. The molecule has 3 aromatic rings. The molecule has 200 valence electrons. The minimum atomic E-state index is -2.79. The number of likely N-dealkylation sites (tertiary alicyclic amines) is 1. The highest BCUT2D eigenvalue weighted by molar-refractivity contribution is 7.18. The number of nitrogens with one attached hydrogen (secondary N) is 2. The molecular weight excluding hydrogens is 510 g/mol. The summed E-state index contributed by atoms with van der Waals surface area (Å²) in [6.45, 7) is 2.55. The monoisotopic (exact) mass is 539 g/mol. The predicted octanol–water partition coefficient (Wildman–Crippen LogP) is 5.46. The second-order valence-corrected chi connectivity index (χ2v) is 10.1. The van der Waals surface area contributed by atoms with E-state index in [2.05, 4.69) is 20.6 Å². The average Bonchev–Trinajstić information content (AvgIpc) is 3.26. The van der Waals surface area contributed by atoms with Gasteiger partial charge in [0.2, 0.25) is 5.91 Å². The van der Waals surface area contributed by atoms with Crippen LogP contribution in [0.3, 0.4) is 0 Å². The summed E-state index contributed by atoms with van der Waals surface area (Å²) < 4.78 is 61.0. The van der Waals surface area contributed by atoms with E-state index in [1.807, 2.05) is 0 Å². The van der Waals surface area contributed by atoms with Gasteiger partial charge in [0.1, 0.15) is 16.5 Å². The molecule has 1 aliphatic heterocycles. The average molecular weight is 540 g/mol. The molecule has 1 fully saturated rings. The van der Waals surface area contributed by atoms with Gasteiger partial charge in [-0.3, -0.25) is 9.69 Å². The fraction of sp³-hybridized carbons (Fsp3) is 0.480. The van der Waals surface area contributed by atoms with Crippen LogP contribution in [0.1, 0.15) is 41.1 Å². The van der Waals surface area contributed by atoms with Crippen LogP contribution in [0.5, 0.6) is 0 Å². The van der Waals surface area contributed by atoms with E-state index in [1.165, 1.54) is 24.6 Å². The third kappa shape index (κ3) is 5.86. The van der Waals surface area contributed by atoms with E-state index in [0.29, 0.717) is 58.2 Å². The normalized spacial score (nSPS) is 16.9. The summed E-state index contributed by atoms with van der Waals surface area (Å²) in [4.78, 5) is 22.9. The lowest BCUT2D eigenvalue weighted by atomic mass is 9.93. The lowest BCUT2D eigenvalue weighted by Gasteiger charge is -2.36. The second-order valence-electron chi connectivity index (χ2n) is 8.91. The van der Waals surface area contributed by atoms with Gasteiger partial charge in [0.15, 0.2) is 0 Å². The fourth-order valence-corrected chi connectivity index (χ4v) is 5.59. The van der Waals surface area contributed by atoms with Crippen molar-refractivity contribution in [1.29, 1.82) is 0 Å². The number of aromatic nitrogens is 2. The van der Waals surface area contributed by atoms with Crippen molar-refractivity contribution in [2.24, 2.45) is 5.92 Å². The number of benzene rings is 1. The van der Waals surface area contributed by atoms with Gasteiger partial charge < -0.3 is 15.4 Å². The zero-order valence-electron chi connectivity index (χ0n) is 20.7. The summed E-state index contributed by atoms with van der Waals surface area (Å²) in [6.07, 6.45) is -4.44. The van der Waals surface area contributed by atoms with Crippen molar-refractivity contribution >= 4 is 39.0 Å². The number of hydrogen-bond acceptors (Lipinski definition) is 7. The minimum Gasteiger partial charge on any atom is -0.371 e. The van der Waals surface area contributed by atoms with E-state index in [1.54, 1.807) is 43.1 Å². The van der Waals surface area contributed by atoms with Crippen LogP contribution in [0.25, 0.3) is 10.3 Å². The fourth-order valence-electron chi connectivity index (χ4n) is 4.81. The van der Waals surface area contributed by atoms with E-state index >= 15 is 0 Å². The maximum atomic E-state index is 14.1. The summed E-state index contributed by atoms with van der Waals surface area (Å²) in [6, 6.07) is 5.36. The molecule has 7 nitrogen and oxygen atoms in total. The van der Waals surface area contributed by atoms with Crippen molar-refractivity contribution in [2.75, 3.05) is 32.6 Å². The standard InChI is InChI=1S/C25H29F4N5O2S/c1-13-32-19-18(21(36-3)23(28)29)17(12-31-25(19)37-13)33-16-6-4-14(5-7-16)20(22(26)27)34-10-8-15(9-11-34)24(35)30-2/h4-7,12,15,20-23,33H,8-11H2,1-3H3,(H,30,35)/t20-,21+/m0/s1. The molecule has 12 heteroatoms. The topological polar surface area (TPSA) is 79.4 Å². The zero-order chi connectivity index (χ0) is 26.7. The quantitative estimate of drug-likeness (QED) is 0.352. The van der Waals surface area contributed by atoms with Gasteiger partial charge in [-0.25, -0.2) is 27.5 Å². The van der Waals surface area contributed by atoms with Gasteiger partial charge in [-0.05, 0) is 50.6 Å². The van der Waals surface area contributed by atoms with Gasteiger partial charge in [-0.2, -0.15) is 0 Å². The summed E-state index contributed by atoms with van der Waals surface area (Å²) in [5.74, 6) is -0.233. The molecular formula is C25H29F4N5O2S. The number of methoxy groups -OCH3 is 1. The predicted molar refractivity (Wildman–Crippen MR) is 135 cm³/mol. The first kappa shape index (κ1) is 27.2. The van der Waals surface area contributed by atoms with Gasteiger partial charge in [-0.15, -0.1) is 0 Å². The van der Waals surface area contributed by atoms with Crippen LogP contribution >= 0.6 is 11.3 Å². The number of ether oxygens (including phenoxy) is 1. The number of carbonyl (C=O) groups is 1. The van der Waals surface area contributed by atoms with Crippen LogP contribution in [0, 0.1) is 12.8 Å². The molecule has 0 aliphatic carbocycles. The highest BCUT2D eigenvalue weighted by atomic mass is 32.1. The van der Waals surface area contributed by atoms with Crippen molar-refractivity contribution in [3.63, 3.8) is 0 Å². The van der Waals surface area contributed by atoms with Crippen LogP contribution in [0.2, 0.25) is 0 Å². The van der Waals surface area contributed by atoms with Crippen LogP contribution in [-0.4, -0.2) is 60.9 Å². The van der Waals surface area contributed by atoms with Gasteiger partial charge in [0.25, 0.3) is 12.9 Å². The first-order valence-corrected chi connectivity index (χ1v) is 12.7. The molecule has 1 aliphatic rings. The molecule has 4 rings (SSSR count). The van der Waals surface area contributed by atoms with Crippen molar-refractivity contribution in [1.82, 2.24) is 20.2 Å². The zero-order valence-corrected chi connectivity index (χ0v) is 21.5. The Labute approximate surface area is 216 Å². The number of carbonyl (C=O) groups excluding carboxylic acids is 1. The van der Waals surface area contributed by atoms with E-state index in [4.69, 9.17) is 4.74 Å². The molecule has 1 amide bonds. The Morgan fingerprint density at radius 1 is 1.14 bits per heavy atom. The van der Waals surface area contributed by atoms with Gasteiger partial charge >= 0.3 is 0 Å². The number of piperidine rings is 1. The Morgan fingerprint density at radius 3 is 2.38 bits per heavy atom. The molecule has 3 heterocycles. The van der Waals surface area contributed by atoms with Crippen LogP contribution in [0.15, 0.2) is 30.5 Å². The van der Waals surface area contributed by atoms with E-state index in [-0.39, 0.29) is 17.4 Å². The number of thiazole rings is 1. The molecule has 37 heavy (non-hydrogen) atoms. The molecule has 1 aromatic carbocycles. The number of amides is 1. The van der Waals surface area contributed by atoms with Gasteiger partial charge in [0.05, 0.1) is 22.9 Å². The van der Waals surface area contributed by atoms with Gasteiger partial charge in [-0.1, -0.05) is 23.5 Å². The van der Waals surface area contributed by atoms with Crippen LogP contribution in [0.4, 0.5) is 28.9 Å². The number of hydrogen-bond donors (Lipinski definition) is 2. The highest BCUT2D eigenvalue weighted by Crippen LogP contribution is 2.38. The summed E-state index contributed by atoms with van der Waals surface area (Å²) in [5, 5.41) is 6.39. The maximum Gasteiger partial charge on any atom is 0.268 e. The molecule has 2 atom stereocenters. The molecule has 0 spiro atoms. The molecule has 0 saturated carbocycles. The smallest absolute Gasteiger partial charge is 0.268 e. The number of aryl methyl sites for hydroxylation is 1. The largest absolute Gasteiger partial charge is 0.371 e. The summed E-state index contributed by atoms with van der Waals surface area (Å²) >= 11 is 1.30. The second kappa shape index (κ2) is 11.7. The molecule has 2 N–H and O–H groups in total. The van der Waals surface area contributed by atoms with Crippen molar-refractivity contribution in [2.45, 2.75) is 44.8 Å². The van der Waals surface area contributed by atoms with Crippen molar-refractivity contribution < 1.29 is 27.1 Å². The molecule has 2 aromatic heterocycles. The number of fused-ring (bicyclic) bond motifs is 1. The van der Waals surface area contributed by atoms with E-state index in [0.717, 1.165) is 0 Å². The molecule has 0 radical (unpaired) electrons. The number of nitrogens with zero attached hydrogens (tertiary/aromatic N) is 3. The Bertz CT molecular complexity index is 1220. The Morgan fingerprint density at radius 2 is 1.81 bits per heavy atom. The molecule has 0 bridgehead atoms.